The molecule has 0 aliphatic carbocycles. The van der Waals surface area contributed by atoms with Gasteiger partial charge in [0.1, 0.15) is 16.3 Å². The molecule has 0 bridgehead atoms. The van der Waals surface area contributed by atoms with Gasteiger partial charge < -0.3 is 16.8 Å². The van der Waals surface area contributed by atoms with E-state index in [-0.39, 0.29) is 17.1 Å². The number of nitrogens with zero attached hydrogens (tertiary/aromatic N) is 2. The number of carbonyl (C=O) groups excluding carboxylic acids is 1. The maximum atomic E-state index is 12.3. The van der Waals surface area contributed by atoms with E-state index in [0.29, 0.717) is 6.07 Å². The van der Waals surface area contributed by atoms with Gasteiger partial charge in [0.25, 0.3) is 10.1 Å². The molecule has 0 fully saturated rings. The van der Waals surface area contributed by atoms with Crippen LogP contribution in [0.25, 0.3) is 0 Å². The maximum absolute atomic E-state index is 12.3. The van der Waals surface area contributed by atoms with Crippen LogP contribution in [0.3, 0.4) is 0 Å². The molecule has 0 atom stereocenters. The Labute approximate surface area is 188 Å². The Balaban J connectivity index is 2.45. The van der Waals surface area contributed by atoms with Gasteiger partial charge in [0.05, 0.1) is 22.9 Å². The van der Waals surface area contributed by atoms with Crippen molar-refractivity contribution in [2.75, 3.05) is 23.4 Å². The number of hydrogen-bond donors (Lipinski definition) is 5. The molecule has 0 radical (unpaired) electrons. The summed E-state index contributed by atoms with van der Waals surface area (Å²) in [5, 5.41) is 9.69. The van der Waals surface area contributed by atoms with Crippen LogP contribution >= 0.6 is 0 Å². The van der Waals surface area contributed by atoms with Crippen LogP contribution in [0.1, 0.15) is 0 Å². The Hall–Kier alpha value is -3.16. The van der Waals surface area contributed by atoms with E-state index in [1.165, 1.54) is 18.2 Å². The summed E-state index contributed by atoms with van der Waals surface area (Å²) in [6.45, 7) is -0.948. The summed E-state index contributed by atoms with van der Waals surface area (Å²) in [6, 6.07) is 5.51. The van der Waals surface area contributed by atoms with Crippen LogP contribution in [-0.4, -0.2) is 52.7 Å². The minimum atomic E-state index is -5.00. The Morgan fingerprint density at radius 1 is 0.970 bits per heavy atom. The Morgan fingerprint density at radius 2 is 1.58 bits per heavy atom. The van der Waals surface area contributed by atoms with Crippen LogP contribution in [0.2, 0.25) is 0 Å². The molecule has 2 amide bonds. The summed E-state index contributed by atoms with van der Waals surface area (Å²) in [7, 11) is -14.2. The molecule has 33 heavy (non-hydrogen) atoms. The molecule has 2 rings (SSSR count). The largest absolute Gasteiger partial charge is 0.399 e. The van der Waals surface area contributed by atoms with Crippen molar-refractivity contribution in [1.29, 1.82) is 0 Å². The van der Waals surface area contributed by atoms with Gasteiger partial charge in [-0.1, -0.05) is 0 Å². The number of hydrogen-bond acceptors (Lipinski definition) is 11. The quantitative estimate of drug-likeness (QED) is 0.176. The Kier molecular flexibility index (Phi) is 7.72. The standard InChI is InChI=1S/C15H17N5O10S3/c16-9-1-3-11(13(7-9)18-15(17)21)19-20-12-4-2-10(8-14(12)32(24,25)26)31(22,23)6-5-30-33(27,28)29/h1-4,7-8H,5-6,16H2,(H3,17,18,21)(H,24,25,26)(H,27,28,29)/b20-19+. The van der Waals surface area contributed by atoms with Gasteiger partial charge in [-0.2, -0.15) is 16.8 Å². The fraction of sp³-hybridized carbons (Fsp3) is 0.133. The molecule has 0 unspecified atom stereocenters. The van der Waals surface area contributed by atoms with E-state index in [0.717, 1.165) is 12.1 Å². The van der Waals surface area contributed by atoms with Crippen molar-refractivity contribution >= 4 is 59.1 Å². The van der Waals surface area contributed by atoms with Crippen molar-refractivity contribution in [3.05, 3.63) is 36.4 Å². The number of nitrogens with one attached hydrogen (secondary N) is 1. The number of sulfone groups is 1. The summed E-state index contributed by atoms with van der Waals surface area (Å²) in [5.74, 6) is -0.938. The number of amides is 2. The highest BCUT2D eigenvalue weighted by Crippen LogP contribution is 2.32. The lowest BCUT2D eigenvalue weighted by Crippen LogP contribution is -2.19. The summed E-state index contributed by atoms with van der Waals surface area (Å²) in [6.07, 6.45) is 0. The zero-order chi connectivity index (χ0) is 25.0. The van der Waals surface area contributed by atoms with Crippen molar-refractivity contribution < 1.29 is 43.3 Å². The first-order chi connectivity index (χ1) is 15.1. The average Bonchev–Trinajstić information content (AvgIpc) is 2.64. The number of azo groups is 1. The van der Waals surface area contributed by atoms with Gasteiger partial charge in [-0.05, 0) is 36.4 Å². The lowest BCUT2D eigenvalue weighted by Gasteiger charge is -2.08. The summed E-state index contributed by atoms with van der Waals surface area (Å²) in [4.78, 5) is 9.58. The third-order valence-electron chi connectivity index (χ3n) is 3.70. The minimum Gasteiger partial charge on any atom is -0.399 e. The second kappa shape index (κ2) is 9.77. The molecule has 0 aliphatic rings. The van der Waals surface area contributed by atoms with Crippen molar-refractivity contribution in [3.8, 4) is 0 Å². The minimum absolute atomic E-state index is 0.00310. The first kappa shape index (κ1) is 26.1. The highest BCUT2D eigenvalue weighted by molar-refractivity contribution is 7.91. The van der Waals surface area contributed by atoms with Gasteiger partial charge >= 0.3 is 16.4 Å². The lowest BCUT2D eigenvalue weighted by molar-refractivity contribution is 0.259. The van der Waals surface area contributed by atoms with Crippen LogP contribution in [0.5, 0.6) is 0 Å². The van der Waals surface area contributed by atoms with E-state index in [2.05, 4.69) is 19.7 Å². The monoisotopic (exact) mass is 523 g/mol. The number of benzene rings is 2. The SMILES string of the molecule is NC(=O)Nc1cc(N)ccc1/N=N/c1ccc(S(=O)(=O)CCOS(=O)(=O)O)cc1S(=O)(=O)O. The highest BCUT2D eigenvalue weighted by Gasteiger charge is 2.23. The van der Waals surface area contributed by atoms with Crippen molar-refractivity contribution in [2.45, 2.75) is 9.79 Å². The smallest absolute Gasteiger partial charge is 0.397 e. The van der Waals surface area contributed by atoms with Crippen LogP contribution in [0, 0.1) is 0 Å². The average molecular weight is 524 g/mol. The number of anilines is 2. The Morgan fingerprint density at radius 3 is 2.15 bits per heavy atom. The van der Waals surface area contributed by atoms with E-state index in [4.69, 9.17) is 16.0 Å². The number of primary amides is 1. The second-order valence-electron chi connectivity index (χ2n) is 6.14. The predicted molar refractivity (Wildman–Crippen MR) is 114 cm³/mol. The van der Waals surface area contributed by atoms with Crippen molar-refractivity contribution in [2.24, 2.45) is 16.0 Å². The fourth-order valence-electron chi connectivity index (χ4n) is 2.33. The van der Waals surface area contributed by atoms with Gasteiger partial charge in [0.2, 0.25) is 0 Å². The number of urea groups is 1. The van der Waals surface area contributed by atoms with E-state index >= 15 is 0 Å². The number of rotatable bonds is 9. The molecule has 180 valence electrons. The molecule has 2 aromatic carbocycles. The molecule has 0 spiro atoms. The molecule has 0 aliphatic heterocycles. The molecule has 7 N–H and O–H groups in total. The van der Waals surface area contributed by atoms with E-state index in [1.807, 2.05) is 0 Å². The molecule has 0 heterocycles. The zero-order valence-electron chi connectivity index (χ0n) is 16.3. The molecular formula is C15H17N5O10S3. The topological polar surface area (TPSA) is 258 Å². The highest BCUT2D eigenvalue weighted by atomic mass is 32.3. The number of nitrogen functional groups attached to an aromatic ring is 1. The third-order valence-corrected chi connectivity index (χ3v) is 6.72. The predicted octanol–water partition coefficient (Wildman–Crippen LogP) is 1.01. The summed E-state index contributed by atoms with van der Waals surface area (Å²) in [5.41, 5.74) is 10.5. The third kappa shape index (κ3) is 7.73. The molecule has 18 heteroatoms. The number of carbonyl (C=O) groups is 1. The molecule has 0 aromatic heterocycles. The summed E-state index contributed by atoms with van der Waals surface area (Å²) < 4.78 is 91.2. The van der Waals surface area contributed by atoms with Gasteiger partial charge in [-0.25, -0.2) is 17.4 Å². The van der Waals surface area contributed by atoms with Crippen molar-refractivity contribution in [3.63, 3.8) is 0 Å². The van der Waals surface area contributed by atoms with Gasteiger partial charge in [-0.3, -0.25) is 9.11 Å². The van der Waals surface area contributed by atoms with Crippen LogP contribution < -0.4 is 16.8 Å². The molecular weight excluding hydrogens is 506 g/mol. The first-order valence-corrected chi connectivity index (χ1v) is 12.9. The van der Waals surface area contributed by atoms with Gasteiger partial charge in [0, 0.05) is 5.69 Å². The van der Waals surface area contributed by atoms with Gasteiger partial charge in [0.15, 0.2) is 9.84 Å². The number of nitrogens with two attached hydrogens (primary N) is 2. The normalized spacial score (nSPS) is 12.7. The van der Waals surface area contributed by atoms with E-state index < -0.39 is 64.2 Å². The van der Waals surface area contributed by atoms with Crippen LogP contribution in [0.4, 0.5) is 27.5 Å². The fourth-order valence-corrected chi connectivity index (χ4v) is 4.56. The van der Waals surface area contributed by atoms with Crippen LogP contribution in [0.15, 0.2) is 56.4 Å². The van der Waals surface area contributed by atoms with E-state index in [1.54, 1.807) is 0 Å². The molecule has 0 saturated heterocycles. The Bertz CT molecular complexity index is 1420. The second-order valence-corrected chi connectivity index (χ2v) is 10.7. The molecule has 0 saturated carbocycles. The van der Waals surface area contributed by atoms with Crippen molar-refractivity contribution in [1.82, 2.24) is 0 Å². The van der Waals surface area contributed by atoms with E-state index in [9.17, 15) is 34.6 Å². The maximum Gasteiger partial charge on any atom is 0.397 e. The molecule has 15 nitrogen and oxygen atoms in total. The molecule has 2 aromatic rings. The van der Waals surface area contributed by atoms with Crippen LogP contribution in [-0.2, 0) is 34.5 Å². The first-order valence-electron chi connectivity index (χ1n) is 8.42. The lowest BCUT2D eigenvalue weighted by atomic mass is 10.2. The van der Waals surface area contributed by atoms with Gasteiger partial charge in [-0.15, -0.1) is 10.2 Å². The zero-order valence-corrected chi connectivity index (χ0v) is 18.8. The summed E-state index contributed by atoms with van der Waals surface area (Å²) >= 11 is 0.